The normalized spacial score (nSPS) is 11.2. The highest BCUT2D eigenvalue weighted by molar-refractivity contribution is 14.0. The van der Waals surface area contributed by atoms with Crippen LogP contribution in [0.1, 0.15) is 24.0 Å². The Bertz CT molecular complexity index is 1380. The van der Waals surface area contributed by atoms with Crippen LogP contribution < -0.4 is 44.6 Å². The Hall–Kier alpha value is -3.80. The first-order chi connectivity index (χ1) is 18.7. The summed E-state index contributed by atoms with van der Waals surface area (Å²) < 4.78 is 20.8. The number of nitrogens with two attached hydrogens (primary N) is 4. The number of rotatable bonds is 10. The van der Waals surface area contributed by atoms with Gasteiger partial charge >= 0.3 is 11.4 Å². The number of nitrogens with one attached hydrogen (secondary N) is 1. The first-order valence-corrected chi connectivity index (χ1v) is 12.9. The summed E-state index contributed by atoms with van der Waals surface area (Å²) in [4.78, 5) is 30.0. The van der Waals surface area contributed by atoms with E-state index >= 15 is 0 Å². The summed E-state index contributed by atoms with van der Waals surface area (Å²) in [5.41, 5.74) is 10.8. The number of aromatic nitrogens is 3. The smallest absolute Gasteiger partial charge is 0.355 e. The van der Waals surface area contributed by atoms with Crippen molar-refractivity contribution < 1.29 is 9.13 Å². The highest BCUT2D eigenvalue weighted by Crippen LogP contribution is 2.13. The molecule has 0 saturated heterocycles. The van der Waals surface area contributed by atoms with Gasteiger partial charge in [0, 0.05) is 13.0 Å². The summed E-state index contributed by atoms with van der Waals surface area (Å²) in [5, 5.41) is 10.0. The fourth-order valence-corrected chi connectivity index (χ4v) is 3.32. The molecule has 3 aromatic rings. The molecule has 0 unspecified atom stereocenters. The SMILES string of the molecule is COc1ccc(Cn2c(NCCC/C(N)=N/N)nc(=O)n(Cc3ccc(F)cc3)c2=O)cc1.CS/C(N)=N/N.I. The van der Waals surface area contributed by atoms with E-state index in [4.69, 9.17) is 27.9 Å². The van der Waals surface area contributed by atoms with E-state index in [1.165, 1.54) is 40.6 Å². The Kier molecular flexibility index (Phi) is 15.2. The van der Waals surface area contributed by atoms with Crippen LogP contribution in [0.15, 0.2) is 68.3 Å². The summed E-state index contributed by atoms with van der Waals surface area (Å²) in [6, 6.07) is 12.8. The van der Waals surface area contributed by atoms with Crippen molar-refractivity contribution in [3.63, 3.8) is 0 Å². The third-order valence-electron chi connectivity index (χ3n) is 5.30. The molecule has 3 rings (SSSR count). The Morgan fingerprint density at radius 1 is 1.00 bits per heavy atom. The second-order valence-electron chi connectivity index (χ2n) is 7.97. The number of halogens is 2. The van der Waals surface area contributed by atoms with Crippen molar-refractivity contribution in [1.29, 1.82) is 0 Å². The molecule has 0 fully saturated rings. The van der Waals surface area contributed by atoms with Crippen molar-refractivity contribution in [3.05, 3.63) is 86.4 Å². The van der Waals surface area contributed by atoms with Crippen molar-refractivity contribution in [2.45, 2.75) is 25.9 Å². The molecule has 9 N–H and O–H groups in total. The number of nitrogens with zero attached hydrogens (tertiary/aromatic N) is 5. The number of benzene rings is 2. The van der Waals surface area contributed by atoms with Gasteiger partial charge in [0.1, 0.15) is 17.4 Å². The molecule has 13 nitrogen and oxygen atoms in total. The van der Waals surface area contributed by atoms with E-state index in [2.05, 4.69) is 20.5 Å². The minimum Gasteiger partial charge on any atom is -0.497 e. The van der Waals surface area contributed by atoms with Crippen molar-refractivity contribution in [3.8, 4) is 5.75 Å². The number of anilines is 1. The van der Waals surface area contributed by atoms with Gasteiger partial charge in [0.05, 0.1) is 20.2 Å². The predicted octanol–water partition coefficient (Wildman–Crippen LogP) is 1.23. The van der Waals surface area contributed by atoms with Gasteiger partial charge in [0.15, 0.2) is 5.17 Å². The molecule has 0 radical (unpaired) electrons. The molecule has 0 saturated carbocycles. The van der Waals surface area contributed by atoms with Crippen LogP contribution >= 0.6 is 35.7 Å². The van der Waals surface area contributed by atoms with E-state index in [1.54, 1.807) is 19.2 Å². The molecule has 0 aliphatic carbocycles. The number of hydrogen-bond donors (Lipinski definition) is 5. The average Bonchev–Trinajstić information content (AvgIpc) is 2.96. The number of hydrazone groups is 2. The number of amidine groups is 2. The summed E-state index contributed by atoms with van der Waals surface area (Å²) in [7, 11) is 1.57. The zero-order chi connectivity index (χ0) is 28.8. The summed E-state index contributed by atoms with van der Waals surface area (Å²) in [5.74, 6) is 10.6. The van der Waals surface area contributed by atoms with Gasteiger partial charge in [-0.25, -0.2) is 18.5 Å². The van der Waals surface area contributed by atoms with Crippen LogP contribution in [-0.4, -0.2) is 45.0 Å². The van der Waals surface area contributed by atoms with Crippen LogP contribution in [0.5, 0.6) is 5.75 Å². The molecule has 0 spiro atoms. The molecular weight excluding hydrogens is 654 g/mol. The van der Waals surface area contributed by atoms with Gasteiger partial charge in [-0.15, -0.1) is 24.0 Å². The van der Waals surface area contributed by atoms with Crippen LogP contribution in [0.25, 0.3) is 0 Å². The first kappa shape index (κ1) is 34.2. The predicted molar refractivity (Wildman–Crippen MR) is 169 cm³/mol. The lowest BCUT2D eigenvalue weighted by molar-refractivity contribution is 0.414. The Morgan fingerprint density at radius 2 is 1.57 bits per heavy atom. The number of thioether (sulfide) groups is 1. The molecule has 218 valence electrons. The van der Waals surface area contributed by atoms with Gasteiger partial charge in [0.25, 0.3) is 0 Å². The summed E-state index contributed by atoms with van der Waals surface area (Å²) in [6.45, 7) is 0.540. The van der Waals surface area contributed by atoms with Crippen molar-refractivity contribution in [1.82, 2.24) is 14.1 Å². The summed E-state index contributed by atoms with van der Waals surface area (Å²) >= 11 is 1.33. The van der Waals surface area contributed by atoms with E-state index in [-0.39, 0.29) is 43.0 Å². The summed E-state index contributed by atoms with van der Waals surface area (Å²) in [6.07, 6.45) is 2.84. The van der Waals surface area contributed by atoms with Gasteiger partial charge < -0.3 is 33.2 Å². The van der Waals surface area contributed by atoms with Gasteiger partial charge in [-0.1, -0.05) is 36.0 Å². The lowest BCUT2D eigenvalue weighted by Crippen LogP contribution is -2.43. The molecule has 2 aromatic carbocycles. The van der Waals surface area contributed by atoms with Gasteiger partial charge in [-0.05, 0) is 48.1 Å². The number of ether oxygens (including phenoxy) is 1. The van der Waals surface area contributed by atoms with Crippen LogP contribution in [0.4, 0.5) is 10.3 Å². The Morgan fingerprint density at radius 3 is 2.08 bits per heavy atom. The molecule has 0 bridgehead atoms. The van der Waals surface area contributed by atoms with Crippen molar-refractivity contribution in [2.75, 3.05) is 25.2 Å². The average molecular weight is 689 g/mol. The van der Waals surface area contributed by atoms with E-state index < -0.39 is 17.2 Å². The van der Waals surface area contributed by atoms with Crippen LogP contribution in [0, 0.1) is 5.82 Å². The minimum atomic E-state index is -0.708. The number of methoxy groups -OCH3 is 1. The molecule has 1 aromatic heterocycles. The third kappa shape index (κ3) is 10.8. The maximum atomic E-state index is 13.3. The topological polar surface area (TPSA) is 207 Å². The minimum absolute atomic E-state index is 0. The molecule has 0 aliphatic rings. The second-order valence-corrected chi connectivity index (χ2v) is 8.80. The van der Waals surface area contributed by atoms with E-state index in [9.17, 15) is 14.0 Å². The monoisotopic (exact) mass is 688 g/mol. The molecule has 0 atom stereocenters. The third-order valence-corrected chi connectivity index (χ3v) is 5.82. The highest BCUT2D eigenvalue weighted by Gasteiger charge is 2.14. The lowest BCUT2D eigenvalue weighted by atomic mass is 10.2. The Balaban J connectivity index is 0.00000103. The van der Waals surface area contributed by atoms with E-state index in [0.29, 0.717) is 41.7 Å². The largest absolute Gasteiger partial charge is 0.497 e. The van der Waals surface area contributed by atoms with Crippen LogP contribution in [0.3, 0.4) is 0 Å². The zero-order valence-corrected chi connectivity index (χ0v) is 25.3. The molecule has 16 heteroatoms. The molecule has 1 heterocycles. The van der Waals surface area contributed by atoms with E-state index in [0.717, 1.165) is 10.1 Å². The van der Waals surface area contributed by atoms with Crippen molar-refractivity contribution >= 4 is 52.7 Å². The zero-order valence-electron chi connectivity index (χ0n) is 22.1. The molecular formula is C24H34FIN10O3S. The fourth-order valence-electron chi connectivity index (χ4n) is 3.22. The maximum absolute atomic E-state index is 13.3. The first-order valence-electron chi connectivity index (χ1n) is 11.6. The fraction of sp³-hybridized carbons (Fsp3) is 0.292. The number of hydrogen-bond acceptors (Lipinski definition) is 10. The lowest BCUT2D eigenvalue weighted by Gasteiger charge is -2.16. The Labute approximate surface area is 251 Å². The van der Waals surface area contributed by atoms with Gasteiger partial charge in [0.2, 0.25) is 5.95 Å². The maximum Gasteiger partial charge on any atom is 0.355 e. The van der Waals surface area contributed by atoms with Crippen molar-refractivity contribution in [2.24, 2.45) is 33.4 Å². The molecule has 0 aliphatic heterocycles. The molecule has 40 heavy (non-hydrogen) atoms. The second kappa shape index (κ2) is 17.7. The standard InChI is InChI=1S/C22H26FN7O3.C2H7N3S.HI/c1-33-18-10-6-16(7-11-18)13-29-20(26-12-2-3-19(24)28-25)27-21(31)30(22(29)32)14-15-4-8-17(23)9-5-15;1-6-2(3)5-4;/h4-11H,2-3,12-14,25H2,1H3,(H2,24,28)(H,26,27,31);4H2,1H3,(H2,3,5);1H. The molecule has 0 amide bonds. The van der Waals surface area contributed by atoms with Crippen LogP contribution in [0.2, 0.25) is 0 Å². The van der Waals surface area contributed by atoms with E-state index in [1.807, 2.05) is 18.4 Å². The quantitative estimate of drug-likeness (QED) is 0.0514. The van der Waals surface area contributed by atoms with Gasteiger partial charge in [-0.2, -0.15) is 15.2 Å². The highest BCUT2D eigenvalue weighted by atomic mass is 127. The van der Waals surface area contributed by atoms with Crippen LogP contribution in [-0.2, 0) is 13.1 Å². The van der Waals surface area contributed by atoms with Gasteiger partial charge in [-0.3, -0.25) is 4.57 Å².